The predicted molar refractivity (Wildman–Crippen MR) is 72.3 cm³/mol. The molecule has 1 aromatic carbocycles. The molecule has 106 valence electrons. The first-order valence-corrected chi connectivity index (χ1v) is 7.61. The maximum absolute atomic E-state index is 12.1. The lowest BCUT2D eigenvalue weighted by Crippen LogP contribution is -2.23. The third kappa shape index (κ3) is 4.40. The zero-order valence-electron chi connectivity index (χ0n) is 10.6. The minimum Gasteiger partial charge on any atom is -0.496 e. The van der Waals surface area contributed by atoms with Gasteiger partial charge in [-0.25, -0.2) is 8.42 Å². The van der Waals surface area contributed by atoms with Gasteiger partial charge in [0.1, 0.15) is 5.75 Å². The molecule has 1 N–H and O–H groups in total. The van der Waals surface area contributed by atoms with Crippen LogP contribution in [0.2, 0.25) is 5.02 Å². The number of aliphatic carboxylic acids is 1. The maximum atomic E-state index is 12.1. The molecule has 1 atom stereocenters. The number of carboxylic acids is 1. The fourth-order valence-corrected chi connectivity index (χ4v) is 3.13. The summed E-state index contributed by atoms with van der Waals surface area (Å²) in [7, 11) is -2.15. The molecule has 0 saturated carbocycles. The molecule has 0 spiro atoms. The van der Waals surface area contributed by atoms with E-state index in [0.717, 1.165) is 0 Å². The van der Waals surface area contributed by atoms with Crippen molar-refractivity contribution < 1.29 is 23.1 Å². The molecular weight excluding hydrogens is 292 g/mol. The summed E-state index contributed by atoms with van der Waals surface area (Å²) in [5.41, 5.74) is 0.423. The second kappa shape index (κ2) is 6.25. The van der Waals surface area contributed by atoms with E-state index in [2.05, 4.69) is 0 Å². The minimum absolute atomic E-state index is 0.300. The first-order valence-electron chi connectivity index (χ1n) is 5.52. The van der Waals surface area contributed by atoms with Gasteiger partial charge in [-0.15, -0.1) is 0 Å². The van der Waals surface area contributed by atoms with Crippen molar-refractivity contribution in [2.75, 3.05) is 7.11 Å². The van der Waals surface area contributed by atoms with E-state index in [1.165, 1.54) is 20.1 Å². The number of halogens is 1. The van der Waals surface area contributed by atoms with Crippen LogP contribution in [0.15, 0.2) is 18.2 Å². The third-order valence-corrected chi connectivity index (χ3v) is 5.02. The first-order chi connectivity index (χ1) is 8.76. The minimum atomic E-state index is -3.58. The topological polar surface area (TPSA) is 80.7 Å². The average molecular weight is 307 g/mol. The fourth-order valence-electron chi connectivity index (χ4n) is 1.59. The van der Waals surface area contributed by atoms with Crippen LogP contribution in [0, 0.1) is 0 Å². The number of hydrogen-bond donors (Lipinski definition) is 1. The van der Waals surface area contributed by atoms with Crippen molar-refractivity contribution in [2.24, 2.45) is 0 Å². The maximum Gasteiger partial charge on any atom is 0.304 e. The van der Waals surface area contributed by atoms with Crippen LogP contribution in [0.1, 0.15) is 18.9 Å². The summed E-state index contributed by atoms with van der Waals surface area (Å²) in [4.78, 5) is 10.6. The van der Waals surface area contributed by atoms with Crippen molar-refractivity contribution in [1.82, 2.24) is 0 Å². The van der Waals surface area contributed by atoms with Crippen LogP contribution in [0.25, 0.3) is 0 Å². The number of methoxy groups -OCH3 is 1. The van der Waals surface area contributed by atoms with E-state index in [0.29, 0.717) is 16.3 Å². The summed E-state index contributed by atoms with van der Waals surface area (Å²) < 4.78 is 29.2. The van der Waals surface area contributed by atoms with Gasteiger partial charge in [-0.3, -0.25) is 4.79 Å². The monoisotopic (exact) mass is 306 g/mol. The molecule has 1 rings (SSSR count). The smallest absolute Gasteiger partial charge is 0.304 e. The molecule has 0 fully saturated rings. The molecule has 1 unspecified atom stereocenters. The Morgan fingerprint density at radius 2 is 2.11 bits per heavy atom. The van der Waals surface area contributed by atoms with Crippen LogP contribution in [-0.2, 0) is 20.4 Å². The highest BCUT2D eigenvalue weighted by Crippen LogP contribution is 2.26. The van der Waals surface area contributed by atoms with Gasteiger partial charge >= 0.3 is 5.97 Å². The molecule has 19 heavy (non-hydrogen) atoms. The summed E-state index contributed by atoms with van der Waals surface area (Å²) in [6.45, 7) is 1.38. The van der Waals surface area contributed by atoms with Crippen molar-refractivity contribution >= 4 is 27.4 Å². The van der Waals surface area contributed by atoms with Gasteiger partial charge in [0.05, 0.1) is 24.5 Å². The number of carboxylic acid groups (broad SMARTS) is 1. The Morgan fingerprint density at radius 3 is 2.63 bits per heavy atom. The van der Waals surface area contributed by atoms with Crippen LogP contribution >= 0.6 is 11.6 Å². The van der Waals surface area contributed by atoms with E-state index in [1.807, 2.05) is 0 Å². The molecule has 0 aliphatic rings. The van der Waals surface area contributed by atoms with Crippen molar-refractivity contribution in [2.45, 2.75) is 24.3 Å². The van der Waals surface area contributed by atoms with Gasteiger partial charge < -0.3 is 9.84 Å². The summed E-state index contributed by atoms with van der Waals surface area (Å²) in [6, 6.07) is 4.68. The molecule has 5 nitrogen and oxygen atoms in total. The molecular formula is C12H15ClO5S. The molecule has 0 aromatic heterocycles. The Morgan fingerprint density at radius 1 is 1.47 bits per heavy atom. The summed E-state index contributed by atoms with van der Waals surface area (Å²) >= 11 is 5.82. The Kier molecular flexibility index (Phi) is 5.20. The molecule has 0 saturated heterocycles. The normalized spacial score (nSPS) is 13.0. The van der Waals surface area contributed by atoms with Gasteiger partial charge in [-0.2, -0.15) is 0 Å². The third-order valence-electron chi connectivity index (χ3n) is 2.67. The summed E-state index contributed by atoms with van der Waals surface area (Å²) in [5.74, 6) is -1.03. The van der Waals surface area contributed by atoms with Crippen molar-refractivity contribution in [1.29, 1.82) is 0 Å². The molecule has 0 heterocycles. The van der Waals surface area contributed by atoms with Crippen LogP contribution in [0.5, 0.6) is 5.75 Å². The van der Waals surface area contributed by atoms with E-state index in [4.69, 9.17) is 21.4 Å². The Bertz CT molecular complexity index is 567. The Balaban J connectivity index is 3.01. The average Bonchev–Trinajstić information content (AvgIpc) is 2.27. The van der Waals surface area contributed by atoms with Gasteiger partial charge in [0, 0.05) is 10.6 Å². The van der Waals surface area contributed by atoms with Crippen LogP contribution in [0.3, 0.4) is 0 Å². The molecule has 0 amide bonds. The number of ether oxygens (including phenoxy) is 1. The van der Waals surface area contributed by atoms with Gasteiger partial charge in [0.25, 0.3) is 0 Å². The highest BCUT2D eigenvalue weighted by Gasteiger charge is 2.25. The predicted octanol–water partition coefficient (Wildman–Crippen LogP) is 2.13. The zero-order valence-corrected chi connectivity index (χ0v) is 12.2. The lowest BCUT2D eigenvalue weighted by Gasteiger charge is -2.13. The zero-order chi connectivity index (χ0) is 14.6. The number of benzene rings is 1. The van der Waals surface area contributed by atoms with Gasteiger partial charge in [0.2, 0.25) is 0 Å². The first kappa shape index (κ1) is 15.8. The van der Waals surface area contributed by atoms with Gasteiger partial charge in [-0.1, -0.05) is 11.6 Å². The van der Waals surface area contributed by atoms with E-state index in [-0.39, 0.29) is 5.75 Å². The van der Waals surface area contributed by atoms with E-state index in [9.17, 15) is 13.2 Å². The molecule has 0 aliphatic heterocycles. The fraction of sp³-hybridized carbons (Fsp3) is 0.417. The highest BCUT2D eigenvalue weighted by molar-refractivity contribution is 7.91. The summed E-state index contributed by atoms with van der Waals surface area (Å²) in [5, 5.41) is 8.08. The van der Waals surface area contributed by atoms with Crippen LogP contribution in [0.4, 0.5) is 0 Å². The quantitative estimate of drug-likeness (QED) is 0.870. The van der Waals surface area contributed by atoms with Crippen LogP contribution < -0.4 is 4.74 Å². The number of hydrogen-bond acceptors (Lipinski definition) is 4. The SMILES string of the molecule is COc1ccc(Cl)cc1CS(=O)(=O)C(C)CC(=O)O. The second-order valence-electron chi connectivity index (χ2n) is 4.17. The standard InChI is InChI=1S/C12H15ClO5S/c1-8(5-12(14)15)19(16,17)7-9-6-10(13)3-4-11(9)18-2/h3-4,6,8H,5,7H2,1-2H3,(H,14,15). The lowest BCUT2D eigenvalue weighted by molar-refractivity contribution is -0.136. The summed E-state index contributed by atoms with van der Waals surface area (Å²) in [6.07, 6.45) is -0.425. The number of sulfone groups is 1. The number of rotatable bonds is 6. The Labute approximate surface area is 117 Å². The van der Waals surface area contributed by atoms with Gasteiger partial charge in [-0.05, 0) is 25.1 Å². The lowest BCUT2D eigenvalue weighted by atomic mass is 10.2. The molecule has 0 bridgehead atoms. The van der Waals surface area contributed by atoms with Crippen molar-refractivity contribution in [3.63, 3.8) is 0 Å². The van der Waals surface area contributed by atoms with E-state index < -0.39 is 27.5 Å². The molecule has 0 radical (unpaired) electrons. The van der Waals surface area contributed by atoms with E-state index >= 15 is 0 Å². The molecule has 7 heteroatoms. The largest absolute Gasteiger partial charge is 0.496 e. The second-order valence-corrected chi connectivity index (χ2v) is 7.03. The molecule has 0 aliphatic carbocycles. The van der Waals surface area contributed by atoms with Crippen LogP contribution in [-0.4, -0.2) is 31.9 Å². The molecule has 1 aromatic rings. The van der Waals surface area contributed by atoms with E-state index in [1.54, 1.807) is 12.1 Å². The van der Waals surface area contributed by atoms with Crippen molar-refractivity contribution in [3.05, 3.63) is 28.8 Å². The van der Waals surface area contributed by atoms with Crippen molar-refractivity contribution in [3.8, 4) is 5.75 Å². The number of carbonyl (C=O) groups is 1. The van der Waals surface area contributed by atoms with Gasteiger partial charge in [0.15, 0.2) is 9.84 Å². The Hall–Kier alpha value is -1.27. The highest BCUT2D eigenvalue weighted by atomic mass is 35.5.